The van der Waals surface area contributed by atoms with Gasteiger partial charge in [0.15, 0.2) is 0 Å². The monoisotopic (exact) mass is 160 g/mol. The van der Waals surface area contributed by atoms with Crippen molar-refractivity contribution in [3.63, 3.8) is 0 Å². The zero-order valence-electron chi connectivity index (χ0n) is 6.32. The number of hydrogen-bond donors (Lipinski definition) is 3. The Morgan fingerprint density at radius 3 is 2.55 bits per heavy atom. The van der Waals surface area contributed by atoms with E-state index >= 15 is 0 Å². The van der Waals surface area contributed by atoms with Crippen LogP contribution in [0.5, 0.6) is 0 Å². The molecule has 4 atom stereocenters. The molecule has 0 aromatic carbocycles. The van der Waals surface area contributed by atoms with Gasteiger partial charge in [0.25, 0.3) is 0 Å². The van der Waals surface area contributed by atoms with Gasteiger partial charge in [-0.2, -0.15) is 0 Å². The van der Waals surface area contributed by atoms with E-state index in [1.165, 1.54) is 0 Å². The third kappa shape index (κ3) is 0.679. The average Bonchev–Trinajstić information content (AvgIpc) is 2.44. The Bertz CT molecular complexity index is 195. The Morgan fingerprint density at radius 2 is 2.27 bits per heavy atom. The molecule has 0 aromatic rings. The third-order valence-corrected chi connectivity index (χ3v) is 2.83. The van der Waals surface area contributed by atoms with Crippen LogP contribution in [0.25, 0.3) is 0 Å². The lowest BCUT2D eigenvalue weighted by atomic mass is 10.1. The fourth-order valence-electron chi connectivity index (χ4n) is 1.87. The highest BCUT2D eigenvalue weighted by Crippen LogP contribution is 2.59. The van der Waals surface area contributed by atoms with E-state index in [1.807, 2.05) is 0 Å². The van der Waals surface area contributed by atoms with Crippen LogP contribution in [0.2, 0.25) is 0 Å². The maximum atomic E-state index is 9.61. The summed E-state index contributed by atoms with van der Waals surface area (Å²) in [6.45, 7) is 1.50. The van der Waals surface area contributed by atoms with Crippen LogP contribution in [0, 0.1) is 0 Å². The van der Waals surface area contributed by atoms with Gasteiger partial charge >= 0.3 is 0 Å². The van der Waals surface area contributed by atoms with Crippen LogP contribution in [0.3, 0.4) is 0 Å². The van der Waals surface area contributed by atoms with E-state index in [9.17, 15) is 10.2 Å². The zero-order valence-corrected chi connectivity index (χ0v) is 6.32. The lowest BCUT2D eigenvalue weighted by Gasteiger charge is -2.16. The molecule has 64 valence electrons. The van der Waals surface area contributed by atoms with Crippen LogP contribution in [-0.4, -0.2) is 45.3 Å². The highest BCUT2D eigenvalue weighted by atomic mass is 16.6. The Hall–Kier alpha value is -0.160. The second-order valence-corrected chi connectivity index (χ2v) is 3.62. The Kier molecular flexibility index (Phi) is 1.21. The van der Waals surface area contributed by atoms with Crippen LogP contribution in [-0.2, 0) is 4.74 Å². The van der Waals surface area contributed by atoms with Crippen molar-refractivity contribution in [2.45, 2.75) is 36.8 Å². The number of ether oxygens (including phenoxy) is 1. The Morgan fingerprint density at radius 1 is 1.64 bits per heavy atom. The Balaban J connectivity index is 2.19. The van der Waals surface area contributed by atoms with Gasteiger partial charge in [0.2, 0.25) is 0 Å². The highest BCUT2D eigenvalue weighted by Gasteiger charge is 2.76. The molecule has 2 fully saturated rings. The van der Waals surface area contributed by atoms with Crippen molar-refractivity contribution in [1.82, 2.24) is 0 Å². The summed E-state index contributed by atoms with van der Waals surface area (Å²) in [5.41, 5.74) is -1.71. The summed E-state index contributed by atoms with van der Waals surface area (Å²) < 4.78 is 5.24. The van der Waals surface area contributed by atoms with Crippen molar-refractivity contribution in [3.8, 4) is 0 Å². The zero-order chi connectivity index (χ0) is 8.28. The van der Waals surface area contributed by atoms with E-state index in [0.717, 1.165) is 0 Å². The number of fused-ring (bicyclic) bond motifs is 1. The quantitative estimate of drug-likeness (QED) is 0.442. The maximum Gasteiger partial charge on any atom is 0.125 e. The molecule has 1 aliphatic carbocycles. The summed E-state index contributed by atoms with van der Waals surface area (Å²) in [6, 6.07) is 0. The first-order valence-electron chi connectivity index (χ1n) is 3.73. The first kappa shape index (κ1) is 7.49. The van der Waals surface area contributed by atoms with Gasteiger partial charge in [0, 0.05) is 6.42 Å². The summed E-state index contributed by atoms with van der Waals surface area (Å²) in [5.74, 6) is 0. The minimum atomic E-state index is -1.10. The summed E-state index contributed by atoms with van der Waals surface area (Å²) in [4.78, 5) is 0. The second-order valence-electron chi connectivity index (χ2n) is 3.62. The lowest BCUT2D eigenvalue weighted by Crippen LogP contribution is -2.37. The normalized spacial score (nSPS) is 61.1. The van der Waals surface area contributed by atoms with Crippen LogP contribution >= 0.6 is 0 Å². The van der Waals surface area contributed by atoms with Gasteiger partial charge < -0.3 is 20.1 Å². The van der Waals surface area contributed by atoms with Crippen molar-refractivity contribution in [3.05, 3.63) is 0 Å². The number of hydrogen-bond acceptors (Lipinski definition) is 4. The standard InChI is InChI=1S/C7H12O4/c1-6-3-7(6,10)5(9)4(2-8)11-6/h4-5,8-10H,2-3H2,1H3/t4-,5?,6?,7?/m1/s1. The van der Waals surface area contributed by atoms with Gasteiger partial charge in [-0.05, 0) is 6.92 Å². The summed E-state index contributed by atoms with van der Waals surface area (Å²) >= 11 is 0. The molecule has 2 rings (SSSR count). The SMILES string of the molecule is CC12CC1(O)C(O)[C@@H](CO)O2. The van der Waals surface area contributed by atoms with E-state index in [2.05, 4.69) is 0 Å². The minimum Gasteiger partial charge on any atom is -0.394 e. The molecule has 2 aliphatic rings. The van der Waals surface area contributed by atoms with E-state index in [4.69, 9.17) is 9.84 Å². The molecule has 0 radical (unpaired) electrons. The van der Waals surface area contributed by atoms with Crippen molar-refractivity contribution in [2.24, 2.45) is 0 Å². The van der Waals surface area contributed by atoms with Crippen LogP contribution in [0.1, 0.15) is 13.3 Å². The summed E-state index contributed by atoms with van der Waals surface area (Å²) in [6.07, 6.45) is -1.08. The number of aliphatic hydroxyl groups excluding tert-OH is 2. The summed E-state index contributed by atoms with van der Waals surface area (Å²) in [7, 11) is 0. The summed E-state index contributed by atoms with van der Waals surface area (Å²) in [5, 5.41) is 27.7. The predicted octanol–water partition coefficient (Wildman–Crippen LogP) is -1.37. The fourth-order valence-corrected chi connectivity index (χ4v) is 1.87. The Labute approximate surface area is 64.4 Å². The molecule has 3 unspecified atom stereocenters. The molecule has 0 aromatic heterocycles. The molecular weight excluding hydrogens is 148 g/mol. The molecule has 0 spiro atoms. The van der Waals surface area contributed by atoms with Crippen molar-refractivity contribution in [2.75, 3.05) is 6.61 Å². The lowest BCUT2D eigenvalue weighted by molar-refractivity contribution is -0.0597. The van der Waals surface area contributed by atoms with E-state index in [0.29, 0.717) is 6.42 Å². The van der Waals surface area contributed by atoms with Crippen molar-refractivity contribution in [1.29, 1.82) is 0 Å². The van der Waals surface area contributed by atoms with Gasteiger partial charge in [-0.25, -0.2) is 0 Å². The first-order valence-corrected chi connectivity index (χ1v) is 3.73. The number of rotatable bonds is 1. The molecule has 0 amide bonds. The van der Waals surface area contributed by atoms with Crippen LogP contribution < -0.4 is 0 Å². The van der Waals surface area contributed by atoms with E-state index in [-0.39, 0.29) is 6.61 Å². The van der Waals surface area contributed by atoms with Crippen molar-refractivity contribution >= 4 is 0 Å². The van der Waals surface area contributed by atoms with Gasteiger partial charge in [-0.15, -0.1) is 0 Å². The second kappa shape index (κ2) is 1.77. The molecule has 1 saturated heterocycles. The third-order valence-electron chi connectivity index (χ3n) is 2.83. The molecule has 0 bridgehead atoms. The number of aliphatic hydroxyl groups is 3. The molecule has 1 aliphatic heterocycles. The van der Waals surface area contributed by atoms with Crippen LogP contribution in [0.4, 0.5) is 0 Å². The van der Waals surface area contributed by atoms with Gasteiger partial charge in [0.05, 0.1) is 6.61 Å². The van der Waals surface area contributed by atoms with Gasteiger partial charge in [0.1, 0.15) is 23.4 Å². The van der Waals surface area contributed by atoms with E-state index in [1.54, 1.807) is 6.92 Å². The molecule has 4 heteroatoms. The molecule has 4 nitrogen and oxygen atoms in total. The van der Waals surface area contributed by atoms with Gasteiger partial charge in [-0.1, -0.05) is 0 Å². The van der Waals surface area contributed by atoms with E-state index < -0.39 is 23.4 Å². The largest absolute Gasteiger partial charge is 0.394 e. The maximum absolute atomic E-state index is 9.61. The molecule has 3 N–H and O–H groups in total. The molecule has 11 heavy (non-hydrogen) atoms. The molecular formula is C7H12O4. The van der Waals surface area contributed by atoms with Crippen molar-refractivity contribution < 1.29 is 20.1 Å². The minimum absolute atomic E-state index is 0.237. The molecule has 1 saturated carbocycles. The first-order chi connectivity index (χ1) is 5.03. The smallest absolute Gasteiger partial charge is 0.125 e. The van der Waals surface area contributed by atoms with Crippen LogP contribution in [0.15, 0.2) is 0 Å². The topological polar surface area (TPSA) is 69.9 Å². The highest BCUT2D eigenvalue weighted by molar-refractivity contribution is 5.26. The molecule has 1 heterocycles. The predicted molar refractivity (Wildman–Crippen MR) is 35.9 cm³/mol. The van der Waals surface area contributed by atoms with Gasteiger partial charge in [-0.3, -0.25) is 0 Å². The average molecular weight is 160 g/mol. The fraction of sp³-hybridized carbons (Fsp3) is 1.00.